The van der Waals surface area contributed by atoms with Crippen LogP contribution in [0.4, 0.5) is 13.2 Å². The van der Waals surface area contributed by atoms with E-state index in [2.05, 4.69) is 5.32 Å². The highest BCUT2D eigenvalue weighted by atomic mass is 19.4. The van der Waals surface area contributed by atoms with Gasteiger partial charge in [0.15, 0.2) is 5.78 Å². The van der Waals surface area contributed by atoms with E-state index in [-0.39, 0.29) is 24.2 Å². The van der Waals surface area contributed by atoms with Gasteiger partial charge in [-0.25, -0.2) is 0 Å². The van der Waals surface area contributed by atoms with Gasteiger partial charge in [-0.15, -0.1) is 0 Å². The van der Waals surface area contributed by atoms with Crippen molar-refractivity contribution < 1.29 is 27.5 Å². The monoisotopic (exact) mass is 493 g/mol. The molecule has 1 N–H and O–H groups in total. The minimum absolute atomic E-state index is 0.0529. The van der Waals surface area contributed by atoms with Crippen molar-refractivity contribution in [2.45, 2.75) is 46.2 Å². The molecule has 1 aromatic heterocycles. The summed E-state index contributed by atoms with van der Waals surface area (Å²) in [7, 11) is 0. The predicted molar refractivity (Wildman–Crippen MR) is 128 cm³/mol. The minimum Gasteiger partial charge on any atom is -0.382 e. The van der Waals surface area contributed by atoms with Crippen LogP contribution in [0.3, 0.4) is 0 Å². The van der Waals surface area contributed by atoms with Crippen molar-refractivity contribution in [2.24, 2.45) is 5.92 Å². The smallest absolute Gasteiger partial charge is 0.382 e. The van der Waals surface area contributed by atoms with E-state index in [9.17, 15) is 22.8 Å². The molecule has 1 aliphatic heterocycles. The summed E-state index contributed by atoms with van der Waals surface area (Å²) in [6, 6.07) is 6.85. The molecule has 0 radical (unpaired) electrons. The number of ether oxygens (including phenoxy) is 1. The summed E-state index contributed by atoms with van der Waals surface area (Å²) in [4.78, 5) is 27.5. The Morgan fingerprint density at radius 3 is 2.51 bits per heavy atom. The number of amides is 1. The van der Waals surface area contributed by atoms with E-state index in [1.165, 1.54) is 6.07 Å². The lowest BCUT2D eigenvalue weighted by Gasteiger charge is -2.30. The molecule has 1 saturated heterocycles. The number of benzene rings is 1. The second-order valence-electron chi connectivity index (χ2n) is 8.98. The molecule has 2 heterocycles. The van der Waals surface area contributed by atoms with Gasteiger partial charge >= 0.3 is 6.18 Å². The van der Waals surface area contributed by atoms with Crippen LogP contribution in [0.25, 0.3) is 5.69 Å². The molecule has 0 spiro atoms. The lowest BCUT2D eigenvalue weighted by molar-refractivity contribution is -0.137. The molecule has 1 amide bonds. The van der Waals surface area contributed by atoms with E-state index in [4.69, 9.17) is 4.74 Å². The number of rotatable bonds is 10. The van der Waals surface area contributed by atoms with Crippen molar-refractivity contribution in [1.29, 1.82) is 0 Å². The van der Waals surface area contributed by atoms with Crippen LogP contribution in [0.15, 0.2) is 30.3 Å². The second kappa shape index (κ2) is 11.9. The molecule has 0 saturated carbocycles. The van der Waals surface area contributed by atoms with Gasteiger partial charge in [-0.3, -0.25) is 14.5 Å². The van der Waals surface area contributed by atoms with Crippen molar-refractivity contribution >= 4 is 11.7 Å². The average molecular weight is 494 g/mol. The number of nitrogens with one attached hydrogen (secondary N) is 1. The van der Waals surface area contributed by atoms with Crippen molar-refractivity contribution in [1.82, 2.24) is 14.8 Å². The Labute approximate surface area is 204 Å². The molecule has 1 aliphatic rings. The third-order valence-corrected chi connectivity index (χ3v) is 6.46. The highest BCUT2D eigenvalue weighted by Gasteiger charge is 2.31. The molecule has 6 nitrogen and oxygen atoms in total. The number of Topliss-reactive ketones (excluding diaryl/α,β-unsaturated/α-hetero) is 1. The standard InChI is InChI=1S/C26H34F3N3O3/c1-4-35-14-6-11-30-25(34)20-9-12-31(13-10-20)17-24(33)23-15-18(2)32(19(23)3)22-8-5-7-21(16-22)26(27,28)29/h5,7-8,15-16,20H,4,6,9-14,17H2,1-3H3,(H,30,34). The van der Waals surface area contributed by atoms with Gasteiger partial charge in [0, 0.05) is 48.3 Å². The highest BCUT2D eigenvalue weighted by Crippen LogP contribution is 2.31. The van der Waals surface area contributed by atoms with Crippen LogP contribution in [0, 0.1) is 19.8 Å². The maximum Gasteiger partial charge on any atom is 0.416 e. The molecule has 35 heavy (non-hydrogen) atoms. The predicted octanol–water partition coefficient (Wildman–Crippen LogP) is 4.55. The molecule has 0 atom stereocenters. The number of hydrogen-bond acceptors (Lipinski definition) is 4. The van der Waals surface area contributed by atoms with Crippen LogP contribution in [0.5, 0.6) is 0 Å². The minimum atomic E-state index is -4.43. The third kappa shape index (κ3) is 6.95. The Balaban J connectivity index is 1.58. The van der Waals surface area contributed by atoms with Crippen LogP contribution in [-0.4, -0.2) is 60.6 Å². The average Bonchev–Trinajstić information content (AvgIpc) is 3.12. The molecule has 192 valence electrons. The van der Waals surface area contributed by atoms with E-state index < -0.39 is 11.7 Å². The van der Waals surface area contributed by atoms with Crippen molar-refractivity contribution in [2.75, 3.05) is 39.4 Å². The quantitative estimate of drug-likeness (QED) is 0.390. The number of hydrogen-bond donors (Lipinski definition) is 1. The lowest BCUT2D eigenvalue weighted by atomic mass is 9.95. The number of aryl methyl sites for hydroxylation is 1. The van der Waals surface area contributed by atoms with Crippen molar-refractivity contribution in [3.05, 3.63) is 52.8 Å². The van der Waals surface area contributed by atoms with E-state index >= 15 is 0 Å². The van der Waals surface area contributed by atoms with Crippen LogP contribution in [-0.2, 0) is 15.7 Å². The highest BCUT2D eigenvalue weighted by molar-refractivity contribution is 5.99. The molecule has 9 heteroatoms. The first kappa shape index (κ1) is 26.9. The zero-order chi connectivity index (χ0) is 25.6. The third-order valence-electron chi connectivity index (χ3n) is 6.46. The Bertz CT molecular complexity index is 1020. The number of piperidine rings is 1. The molecule has 1 fully saturated rings. The Morgan fingerprint density at radius 1 is 1.14 bits per heavy atom. The van der Waals surface area contributed by atoms with Crippen molar-refractivity contribution in [3.63, 3.8) is 0 Å². The fourth-order valence-electron chi connectivity index (χ4n) is 4.58. The van der Waals surface area contributed by atoms with E-state index in [0.29, 0.717) is 68.3 Å². The van der Waals surface area contributed by atoms with E-state index in [1.54, 1.807) is 30.5 Å². The molecule has 2 aromatic rings. The van der Waals surface area contributed by atoms with Gasteiger partial charge in [0.05, 0.1) is 12.1 Å². The number of aromatic nitrogens is 1. The van der Waals surface area contributed by atoms with Crippen molar-refractivity contribution in [3.8, 4) is 5.69 Å². The largest absolute Gasteiger partial charge is 0.416 e. The molecule has 3 rings (SSSR count). The van der Waals surface area contributed by atoms with Gasteiger partial charge in [0.1, 0.15) is 0 Å². The van der Waals surface area contributed by atoms with Gasteiger partial charge < -0.3 is 14.6 Å². The summed E-state index contributed by atoms with van der Waals surface area (Å²) in [5, 5.41) is 2.96. The Hall–Kier alpha value is -2.65. The van der Waals surface area contributed by atoms with Gasteiger partial charge in [0.2, 0.25) is 5.91 Å². The number of likely N-dealkylation sites (tertiary alicyclic amines) is 1. The second-order valence-corrected chi connectivity index (χ2v) is 8.98. The van der Waals surface area contributed by atoms with E-state index in [0.717, 1.165) is 18.6 Å². The fourth-order valence-corrected chi connectivity index (χ4v) is 4.58. The topological polar surface area (TPSA) is 63.6 Å². The Kier molecular flexibility index (Phi) is 9.13. The van der Waals surface area contributed by atoms with Gasteiger partial charge in [0.25, 0.3) is 0 Å². The first-order chi connectivity index (χ1) is 16.6. The summed E-state index contributed by atoms with van der Waals surface area (Å²) < 4.78 is 46.4. The van der Waals surface area contributed by atoms with Gasteiger partial charge in [-0.1, -0.05) is 6.07 Å². The molecule has 0 bridgehead atoms. The summed E-state index contributed by atoms with van der Waals surface area (Å²) in [6.07, 6.45) is -2.27. The molecular weight excluding hydrogens is 459 g/mol. The summed E-state index contributed by atoms with van der Waals surface area (Å²) >= 11 is 0. The fraction of sp³-hybridized carbons (Fsp3) is 0.538. The number of alkyl halides is 3. The number of halogens is 3. The van der Waals surface area contributed by atoms with Crippen LogP contribution < -0.4 is 5.32 Å². The van der Waals surface area contributed by atoms with Crippen LogP contribution >= 0.6 is 0 Å². The summed E-state index contributed by atoms with van der Waals surface area (Å²) in [5.41, 5.74) is 1.48. The maximum atomic E-state index is 13.2. The lowest BCUT2D eigenvalue weighted by Crippen LogP contribution is -2.42. The zero-order valence-corrected chi connectivity index (χ0v) is 20.6. The Morgan fingerprint density at radius 2 is 1.86 bits per heavy atom. The number of carbonyl (C=O) groups is 2. The normalized spacial score (nSPS) is 15.4. The number of carbonyl (C=O) groups excluding carboxylic acids is 2. The number of nitrogens with zero attached hydrogens (tertiary/aromatic N) is 2. The maximum absolute atomic E-state index is 13.2. The molecular formula is C26H34F3N3O3. The van der Waals surface area contributed by atoms with Crippen LogP contribution in [0.2, 0.25) is 0 Å². The summed E-state index contributed by atoms with van der Waals surface area (Å²) in [6.45, 7) is 8.88. The summed E-state index contributed by atoms with van der Waals surface area (Å²) in [5.74, 6) is -0.0771. The first-order valence-corrected chi connectivity index (χ1v) is 12.1. The number of ketones is 1. The van der Waals surface area contributed by atoms with Crippen LogP contribution in [0.1, 0.15) is 53.5 Å². The zero-order valence-electron chi connectivity index (χ0n) is 20.6. The van der Waals surface area contributed by atoms with E-state index in [1.807, 2.05) is 11.8 Å². The van der Waals surface area contributed by atoms with Gasteiger partial charge in [-0.2, -0.15) is 13.2 Å². The molecule has 0 aliphatic carbocycles. The molecule has 0 unspecified atom stereocenters. The SMILES string of the molecule is CCOCCCNC(=O)C1CCN(CC(=O)c2cc(C)n(-c3cccc(C(F)(F)F)c3)c2C)CC1. The first-order valence-electron chi connectivity index (χ1n) is 12.1. The van der Waals surface area contributed by atoms with Gasteiger partial charge in [-0.05, 0) is 77.4 Å². The molecule has 1 aromatic carbocycles.